The number of benzene rings is 1. The maximum Gasteiger partial charge on any atom is 0.118 e. The van der Waals surface area contributed by atoms with Crippen LogP contribution in [0.1, 0.15) is 30.7 Å². The molecule has 1 aliphatic carbocycles. The molecular formula is C12H17NO. The molecule has 2 rings (SSSR count). The van der Waals surface area contributed by atoms with Crippen LogP contribution in [-0.4, -0.2) is 13.2 Å². The topological polar surface area (TPSA) is 35.2 Å². The minimum absolute atomic E-state index is 0.350. The van der Waals surface area contributed by atoms with Gasteiger partial charge in [0.1, 0.15) is 5.75 Å². The van der Waals surface area contributed by atoms with Gasteiger partial charge in [0.15, 0.2) is 0 Å². The van der Waals surface area contributed by atoms with Gasteiger partial charge < -0.3 is 10.5 Å². The van der Waals surface area contributed by atoms with E-state index in [4.69, 9.17) is 10.5 Å². The van der Waals surface area contributed by atoms with Gasteiger partial charge in [-0.2, -0.15) is 0 Å². The molecule has 0 saturated heterocycles. The maximum absolute atomic E-state index is 6.05. The highest BCUT2D eigenvalue weighted by atomic mass is 16.5. The molecule has 0 unspecified atom stereocenters. The fraction of sp³-hybridized carbons (Fsp3) is 0.500. The summed E-state index contributed by atoms with van der Waals surface area (Å²) in [6.45, 7) is 0. The molecule has 0 amide bonds. The second-order valence-corrected chi connectivity index (χ2v) is 3.97. The van der Waals surface area contributed by atoms with Crippen LogP contribution in [0.25, 0.3) is 0 Å². The van der Waals surface area contributed by atoms with Crippen molar-refractivity contribution in [2.75, 3.05) is 7.11 Å². The van der Waals surface area contributed by atoms with E-state index in [1.165, 1.54) is 18.4 Å². The van der Waals surface area contributed by atoms with E-state index in [-0.39, 0.29) is 0 Å². The molecule has 0 aliphatic heterocycles. The Hall–Kier alpha value is -1.02. The normalized spacial score (nSPS) is 26.4. The highest BCUT2D eigenvalue weighted by molar-refractivity contribution is 5.30. The van der Waals surface area contributed by atoms with Crippen LogP contribution in [0.15, 0.2) is 24.3 Å². The highest BCUT2D eigenvalue weighted by Crippen LogP contribution is 2.33. The molecule has 1 aromatic carbocycles. The van der Waals surface area contributed by atoms with Crippen LogP contribution < -0.4 is 10.5 Å². The SMILES string of the molecule is COc1ccc([C@@H]2CCC[C@@H]2N)cc1. The Labute approximate surface area is 85.1 Å². The first kappa shape index (κ1) is 9.53. The Morgan fingerprint density at radius 3 is 2.43 bits per heavy atom. The zero-order valence-electron chi connectivity index (χ0n) is 8.57. The van der Waals surface area contributed by atoms with E-state index in [2.05, 4.69) is 12.1 Å². The Bertz CT molecular complexity index is 294. The van der Waals surface area contributed by atoms with Crippen molar-refractivity contribution in [3.63, 3.8) is 0 Å². The lowest BCUT2D eigenvalue weighted by molar-refractivity contribution is 0.414. The molecule has 1 fully saturated rings. The summed E-state index contributed by atoms with van der Waals surface area (Å²) in [5.41, 5.74) is 7.41. The molecule has 1 aromatic rings. The molecule has 0 bridgehead atoms. The first-order valence-electron chi connectivity index (χ1n) is 5.21. The van der Waals surface area contributed by atoms with E-state index < -0.39 is 0 Å². The third-order valence-electron chi connectivity index (χ3n) is 3.11. The molecule has 0 spiro atoms. The molecule has 1 aliphatic rings. The average Bonchev–Trinajstić information content (AvgIpc) is 2.65. The van der Waals surface area contributed by atoms with Crippen LogP contribution in [0.5, 0.6) is 5.75 Å². The van der Waals surface area contributed by atoms with Gasteiger partial charge in [-0.3, -0.25) is 0 Å². The monoisotopic (exact) mass is 191 g/mol. The fourth-order valence-corrected chi connectivity index (χ4v) is 2.25. The maximum atomic E-state index is 6.05. The lowest BCUT2D eigenvalue weighted by Crippen LogP contribution is -2.22. The standard InChI is InChI=1S/C12H17NO/c1-14-10-7-5-9(6-8-10)11-3-2-4-12(11)13/h5-8,11-12H,2-4,13H2,1H3/t11-,12-/m0/s1. The van der Waals surface area contributed by atoms with Crippen LogP contribution in [0.2, 0.25) is 0 Å². The van der Waals surface area contributed by atoms with E-state index in [1.54, 1.807) is 7.11 Å². The van der Waals surface area contributed by atoms with Crippen LogP contribution in [0, 0.1) is 0 Å². The van der Waals surface area contributed by atoms with Crippen LogP contribution in [0.4, 0.5) is 0 Å². The van der Waals surface area contributed by atoms with Crippen LogP contribution in [0.3, 0.4) is 0 Å². The predicted octanol–water partition coefficient (Wildman–Crippen LogP) is 2.29. The number of hydrogen-bond donors (Lipinski definition) is 1. The number of ether oxygens (including phenoxy) is 1. The van der Waals surface area contributed by atoms with Crippen molar-refractivity contribution in [3.8, 4) is 5.75 Å². The summed E-state index contributed by atoms with van der Waals surface area (Å²) in [5.74, 6) is 1.47. The van der Waals surface area contributed by atoms with E-state index in [0.717, 1.165) is 12.2 Å². The summed E-state index contributed by atoms with van der Waals surface area (Å²) in [6, 6.07) is 8.65. The Morgan fingerprint density at radius 1 is 1.21 bits per heavy atom. The van der Waals surface area contributed by atoms with Gasteiger partial charge in [0.25, 0.3) is 0 Å². The Kier molecular flexibility index (Phi) is 2.73. The molecule has 0 aromatic heterocycles. The highest BCUT2D eigenvalue weighted by Gasteiger charge is 2.24. The molecule has 0 heterocycles. The molecule has 2 nitrogen and oxygen atoms in total. The third kappa shape index (κ3) is 1.75. The van der Waals surface area contributed by atoms with Crippen molar-refractivity contribution in [3.05, 3.63) is 29.8 Å². The zero-order chi connectivity index (χ0) is 9.97. The lowest BCUT2D eigenvalue weighted by atomic mass is 9.95. The quantitative estimate of drug-likeness (QED) is 0.778. The molecule has 76 valence electrons. The largest absolute Gasteiger partial charge is 0.497 e. The molecule has 0 radical (unpaired) electrons. The summed E-state index contributed by atoms with van der Waals surface area (Å²) in [5, 5.41) is 0. The molecule has 14 heavy (non-hydrogen) atoms. The van der Waals surface area contributed by atoms with Crippen molar-refractivity contribution < 1.29 is 4.74 Å². The van der Waals surface area contributed by atoms with E-state index >= 15 is 0 Å². The van der Waals surface area contributed by atoms with Crippen molar-refractivity contribution in [2.45, 2.75) is 31.2 Å². The van der Waals surface area contributed by atoms with Crippen molar-refractivity contribution in [1.82, 2.24) is 0 Å². The second kappa shape index (κ2) is 4.01. The van der Waals surface area contributed by atoms with Crippen molar-refractivity contribution in [2.24, 2.45) is 5.73 Å². The van der Waals surface area contributed by atoms with Gasteiger partial charge in [0.2, 0.25) is 0 Å². The van der Waals surface area contributed by atoms with Crippen LogP contribution in [-0.2, 0) is 0 Å². The third-order valence-corrected chi connectivity index (χ3v) is 3.11. The predicted molar refractivity (Wildman–Crippen MR) is 57.6 cm³/mol. The zero-order valence-corrected chi connectivity index (χ0v) is 8.57. The van der Waals surface area contributed by atoms with Gasteiger partial charge >= 0.3 is 0 Å². The van der Waals surface area contributed by atoms with E-state index in [9.17, 15) is 0 Å². The fourth-order valence-electron chi connectivity index (χ4n) is 2.25. The minimum atomic E-state index is 0.350. The molecule has 2 heteroatoms. The van der Waals surface area contributed by atoms with Gasteiger partial charge in [0.05, 0.1) is 7.11 Å². The molecule has 2 atom stereocenters. The molecule has 1 saturated carbocycles. The smallest absolute Gasteiger partial charge is 0.118 e. The summed E-state index contributed by atoms with van der Waals surface area (Å²) >= 11 is 0. The van der Waals surface area contributed by atoms with Gasteiger partial charge in [0, 0.05) is 6.04 Å². The van der Waals surface area contributed by atoms with Gasteiger partial charge in [-0.1, -0.05) is 18.6 Å². The second-order valence-electron chi connectivity index (χ2n) is 3.97. The number of nitrogens with two attached hydrogens (primary N) is 1. The van der Waals surface area contributed by atoms with Gasteiger partial charge in [-0.05, 0) is 36.5 Å². The minimum Gasteiger partial charge on any atom is -0.497 e. The summed E-state index contributed by atoms with van der Waals surface area (Å²) < 4.78 is 5.13. The number of rotatable bonds is 2. The summed E-state index contributed by atoms with van der Waals surface area (Å²) in [4.78, 5) is 0. The van der Waals surface area contributed by atoms with Crippen molar-refractivity contribution in [1.29, 1.82) is 0 Å². The Morgan fingerprint density at radius 2 is 1.93 bits per heavy atom. The van der Waals surface area contributed by atoms with Gasteiger partial charge in [-0.25, -0.2) is 0 Å². The molecular weight excluding hydrogens is 174 g/mol. The van der Waals surface area contributed by atoms with E-state index in [1.807, 2.05) is 12.1 Å². The summed E-state index contributed by atoms with van der Waals surface area (Å²) in [7, 11) is 1.69. The first-order chi connectivity index (χ1) is 6.81. The number of hydrogen-bond acceptors (Lipinski definition) is 2. The van der Waals surface area contributed by atoms with Gasteiger partial charge in [-0.15, -0.1) is 0 Å². The first-order valence-corrected chi connectivity index (χ1v) is 5.21. The average molecular weight is 191 g/mol. The van der Waals surface area contributed by atoms with Crippen molar-refractivity contribution >= 4 is 0 Å². The lowest BCUT2D eigenvalue weighted by Gasteiger charge is -2.15. The van der Waals surface area contributed by atoms with E-state index in [0.29, 0.717) is 12.0 Å². The Balaban J connectivity index is 2.16. The molecule has 2 N–H and O–H groups in total. The summed E-state index contributed by atoms with van der Waals surface area (Å²) in [6.07, 6.45) is 3.65. The van der Waals surface area contributed by atoms with Crippen LogP contribution >= 0.6 is 0 Å². The number of methoxy groups -OCH3 is 1.